The van der Waals surface area contributed by atoms with Crippen LogP contribution in [0.1, 0.15) is 52.4 Å². The van der Waals surface area contributed by atoms with Gasteiger partial charge in [0.05, 0.1) is 30.1 Å². The van der Waals surface area contributed by atoms with Crippen LogP contribution in [-0.4, -0.2) is 53.6 Å². The van der Waals surface area contributed by atoms with Crippen molar-refractivity contribution in [1.29, 1.82) is 0 Å². The minimum absolute atomic E-state index is 0.133. The Bertz CT molecular complexity index is 834. The number of fused-ring (bicyclic) bond motifs is 1. The van der Waals surface area contributed by atoms with Gasteiger partial charge in [-0.25, -0.2) is 0 Å². The van der Waals surface area contributed by atoms with Gasteiger partial charge in [-0.15, -0.1) is 0 Å². The van der Waals surface area contributed by atoms with Gasteiger partial charge in [0.25, 0.3) is 0 Å². The van der Waals surface area contributed by atoms with Crippen molar-refractivity contribution < 1.29 is 19.4 Å². The number of methoxy groups -OCH3 is 1. The Morgan fingerprint density at radius 1 is 1.21 bits per heavy atom. The number of carbonyl (C=O) groups excluding carboxylic acids is 2. The van der Waals surface area contributed by atoms with Crippen LogP contribution < -0.4 is 0 Å². The Morgan fingerprint density at radius 2 is 1.96 bits per heavy atom. The van der Waals surface area contributed by atoms with E-state index >= 15 is 0 Å². The maximum absolute atomic E-state index is 14.6. The minimum Gasteiger partial charge on any atom is -0.469 e. The van der Waals surface area contributed by atoms with Gasteiger partial charge < -0.3 is 9.84 Å². The lowest BCUT2D eigenvalue weighted by Gasteiger charge is -2.63. The van der Waals surface area contributed by atoms with Gasteiger partial charge in [-0.3, -0.25) is 14.5 Å². The van der Waals surface area contributed by atoms with E-state index in [0.29, 0.717) is 24.5 Å². The molecule has 0 unspecified atom stereocenters. The van der Waals surface area contributed by atoms with Gasteiger partial charge in [-0.05, 0) is 56.3 Å². The lowest BCUT2D eigenvalue weighted by Crippen LogP contribution is -2.76. The highest BCUT2D eigenvalue weighted by Crippen LogP contribution is 2.75. The fraction of sp³-hybridized carbons (Fsp3) is 0.826. The molecule has 0 amide bonds. The number of aliphatic hydroxyl groups excluding tert-OH is 1. The molecule has 0 aromatic rings. The zero-order chi connectivity index (χ0) is 19.6. The van der Waals surface area contributed by atoms with E-state index in [0.717, 1.165) is 38.8 Å². The predicted molar refractivity (Wildman–Crippen MR) is 102 cm³/mol. The number of hydrogen-bond acceptors (Lipinski definition) is 5. The predicted octanol–water partition coefficient (Wildman–Crippen LogP) is 2.33. The van der Waals surface area contributed by atoms with Crippen LogP contribution in [0, 0.1) is 34.5 Å². The lowest BCUT2D eigenvalue weighted by atomic mass is 9.44. The van der Waals surface area contributed by atoms with Crippen LogP contribution in [0.5, 0.6) is 0 Å². The van der Waals surface area contributed by atoms with Gasteiger partial charge in [-0.2, -0.15) is 0 Å². The van der Waals surface area contributed by atoms with Gasteiger partial charge in [0, 0.05) is 18.5 Å². The molecule has 0 aromatic carbocycles. The third kappa shape index (κ3) is 1.53. The van der Waals surface area contributed by atoms with Crippen molar-refractivity contribution in [1.82, 2.24) is 4.90 Å². The first-order valence-electron chi connectivity index (χ1n) is 11.1. The molecule has 0 radical (unpaired) electrons. The van der Waals surface area contributed by atoms with E-state index < -0.39 is 22.5 Å². The summed E-state index contributed by atoms with van der Waals surface area (Å²) in [6.07, 6.45) is 4.67. The number of aliphatic hydroxyl groups is 1. The first-order chi connectivity index (χ1) is 13.3. The SMILES string of the molecule is COC(=O)[C@@H]1C[C@]23C(=O)[C@]45C[C@@H](O)[C@@]2(C)[C@H](CCC2=C3[C@@H]1CC2)CN4C[C@H]5C. The molecule has 3 aliphatic heterocycles. The number of esters is 1. The molecule has 3 heterocycles. The van der Waals surface area contributed by atoms with Crippen molar-refractivity contribution in [2.24, 2.45) is 34.5 Å². The molecule has 5 fully saturated rings. The topological polar surface area (TPSA) is 66.8 Å². The van der Waals surface area contributed by atoms with E-state index in [-0.39, 0.29) is 23.7 Å². The molecule has 2 spiro atoms. The highest BCUT2D eigenvalue weighted by atomic mass is 16.5. The Kier molecular flexibility index (Phi) is 3.21. The lowest BCUT2D eigenvalue weighted by molar-refractivity contribution is -0.186. The minimum atomic E-state index is -0.676. The second-order valence-corrected chi connectivity index (χ2v) is 10.7. The number of hydrogen-bond donors (Lipinski definition) is 1. The Labute approximate surface area is 166 Å². The zero-order valence-corrected chi connectivity index (χ0v) is 17.2. The van der Waals surface area contributed by atoms with Crippen LogP contribution in [-0.2, 0) is 14.3 Å². The Morgan fingerprint density at radius 3 is 2.68 bits per heavy atom. The number of allylic oxidation sites excluding steroid dienone is 2. The highest BCUT2D eigenvalue weighted by Gasteiger charge is 2.80. The van der Waals surface area contributed by atoms with E-state index in [2.05, 4.69) is 18.7 Å². The second-order valence-electron chi connectivity index (χ2n) is 10.7. The normalized spacial score (nSPS) is 54.0. The number of rotatable bonds is 1. The summed E-state index contributed by atoms with van der Waals surface area (Å²) in [6, 6.07) is 0. The van der Waals surface area contributed by atoms with Gasteiger partial charge in [0.1, 0.15) is 0 Å². The van der Waals surface area contributed by atoms with Crippen LogP contribution in [0.2, 0.25) is 0 Å². The monoisotopic (exact) mass is 385 g/mol. The number of Topliss-reactive ketones (excluding diaryl/α,β-unsaturated/α-hetero) is 1. The standard InChI is InChI=1S/C23H31NO4/c1-12-10-24-11-14-6-4-13-5-7-15-16(19(26)28-3)8-22(18(13)15)20(27)23(12,24)9-17(25)21(14,22)2/h12,14-17,25H,4-11H2,1-3H3/t12-,14-,15-,16-,17-,21-,22+,23-/m1/s1. The second kappa shape index (κ2) is 5.10. The fourth-order valence-electron chi connectivity index (χ4n) is 8.95. The summed E-state index contributed by atoms with van der Waals surface area (Å²) in [7, 11) is 1.47. The Hall–Kier alpha value is -1.20. The summed E-state index contributed by atoms with van der Waals surface area (Å²) in [5.41, 5.74) is 1.03. The third-order valence-electron chi connectivity index (χ3n) is 10.3. The van der Waals surface area contributed by atoms with Crippen molar-refractivity contribution in [3.63, 3.8) is 0 Å². The molecule has 4 bridgehead atoms. The maximum atomic E-state index is 14.6. The summed E-state index contributed by atoms with van der Waals surface area (Å²) >= 11 is 0. The largest absolute Gasteiger partial charge is 0.469 e. The molecule has 5 nitrogen and oxygen atoms in total. The number of carbonyl (C=O) groups is 2. The van der Waals surface area contributed by atoms with E-state index in [9.17, 15) is 14.7 Å². The molecule has 3 saturated heterocycles. The smallest absolute Gasteiger partial charge is 0.309 e. The van der Waals surface area contributed by atoms with E-state index in [4.69, 9.17) is 4.74 Å². The highest BCUT2D eigenvalue weighted by molar-refractivity contribution is 6.01. The summed E-state index contributed by atoms with van der Waals surface area (Å²) < 4.78 is 5.20. The summed E-state index contributed by atoms with van der Waals surface area (Å²) in [4.78, 5) is 29.7. The van der Waals surface area contributed by atoms with Crippen molar-refractivity contribution in [2.45, 2.75) is 64.0 Å². The molecular weight excluding hydrogens is 354 g/mol. The van der Waals surface area contributed by atoms with Crippen molar-refractivity contribution >= 4 is 11.8 Å². The molecule has 4 aliphatic carbocycles. The third-order valence-corrected chi connectivity index (χ3v) is 10.3. The Balaban J connectivity index is 1.65. The zero-order valence-electron chi connectivity index (χ0n) is 17.2. The molecule has 28 heavy (non-hydrogen) atoms. The number of ether oxygens (including phenoxy) is 1. The molecule has 152 valence electrons. The first-order valence-corrected chi connectivity index (χ1v) is 11.1. The van der Waals surface area contributed by atoms with Gasteiger partial charge in [0.2, 0.25) is 0 Å². The molecule has 8 atom stereocenters. The molecule has 1 N–H and O–H groups in total. The summed E-state index contributed by atoms with van der Waals surface area (Å²) in [5.74, 6) is 0.639. The van der Waals surface area contributed by atoms with Crippen molar-refractivity contribution in [3.05, 3.63) is 11.1 Å². The molecule has 0 aromatic heterocycles. The van der Waals surface area contributed by atoms with Crippen LogP contribution in [0.3, 0.4) is 0 Å². The van der Waals surface area contributed by atoms with Crippen LogP contribution in [0.25, 0.3) is 0 Å². The van der Waals surface area contributed by atoms with Crippen LogP contribution >= 0.6 is 0 Å². The quantitative estimate of drug-likeness (QED) is 0.554. The van der Waals surface area contributed by atoms with Gasteiger partial charge in [-0.1, -0.05) is 25.0 Å². The van der Waals surface area contributed by atoms with Crippen LogP contribution in [0.15, 0.2) is 11.1 Å². The molecule has 7 rings (SSSR count). The van der Waals surface area contributed by atoms with Crippen molar-refractivity contribution in [2.75, 3.05) is 20.2 Å². The fourth-order valence-corrected chi connectivity index (χ4v) is 8.95. The summed E-state index contributed by atoms with van der Waals surface area (Å²) in [6.45, 7) is 6.24. The summed E-state index contributed by atoms with van der Waals surface area (Å²) in [5, 5.41) is 11.6. The molecule has 2 saturated carbocycles. The molecule has 7 aliphatic rings. The first kappa shape index (κ1) is 17.6. The van der Waals surface area contributed by atoms with E-state index in [1.807, 2.05) is 0 Å². The average Bonchev–Trinajstić information content (AvgIpc) is 3.18. The number of ketones is 1. The molecular formula is C23H31NO4. The molecule has 5 heteroatoms. The van der Waals surface area contributed by atoms with E-state index in [1.54, 1.807) is 0 Å². The van der Waals surface area contributed by atoms with Crippen molar-refractivity contribution in [3.8, 4) is 0 Å². The van der Waals surface area contributed by atoms with Gasteiger partial charge in [0.15, 0.2) is 5.78 Å². The average molecular weight is 386 g/mol. The number of nitrogens with zero attached hydrogens (tertiary/aromatic N) is 1. The van der Waals surface area contributed by atoms with Crippen LogP contribution in [0.4, 0.5) is 0 Å². The van der Waals surface area contributed by atoms with E-state index in [1.165, 1.54) is 18.3 Å². The van der Waals surface area contributed by atoms with Gasteiger partial charge >= 0.3 is 5.97 Å². The maximum Gasteiger partial charge on any atom is 0.309 e.